The van der Waals surface area contributed by atoms with Crippen molar-refractivity contribution in [3.63, 3.8) is 0 Å². The van der Waals surface area contributed by atoms with E-state index in [0.29, 0.717) is 36.2 Å². The molecule has 1 aliphatic carbocycles. The van der Waals surface area contributed by atoms with Gasteiger partial charge in [-0.2, -0.15) is 0 Å². The average molecular weight is 473 g/mol. The van der Waals surface area contributed by atoms with Gasteiger partial charge in [0.05, 0.1) is 0 Å². The summed E-state index contributed by atoms with van der Waals surface area (Å²) in [4.78, 5) is 23.5. The maximum atomic E-state index is 11.8. The molecular weight excluding hydrogens is 444 g/mol. The van der Waals surface area contributed by atoms with Crippen LogP contribution in [0.5, 0.6) is 0 Å². The number of hydrogen-bond acceptors (Lipinski definition) is 6. The van der Waals surface area contributed by atoms with Gasteiger partial charge in [0.15, 0.2) is 11.4 Å². The summed E-state index contributed by atoms with van der Waals surface area (Å²) in [7, 11) is 0. The Bertz CT molecular complexity index is 1230. The molecule has 35 heavy (non-hydrogen) atoms. The molecule has 8 heteroatoms. The van der Waals surface area contributed by atoms with E-state index >= 15 is 0 Å². The van der Waals surface area contributed by atoms with Gasteiger partial charge in [-0.05, 0) is 37.3 Å². The normalized spacial score (nSPS) is 12.4. The first kappa shape index (κ1) is 23.9. The lowest BCUT2D eigenvalue weighted by Gasteiger charge is -2.02. The molecule has 0 spiro atoms. The highest BCUT2D eigenvalue weighted by Gasteiger charge is 2.28. The van der Waals surface area contributed by atoms with Crippen molar-refractivity contribution in [1.29, 1.82) is 0 Å². The van der Waals surface area contributed by atoms with Gasteiger partial charge in [-0.3, -0.25) is 9.59 Å². The van der Waals surface area contributed by atoms with Crippen LogP contribution >= 0.6 is 0 Å². The minimum absolute atomic E-state index is 0.186. The lowest BCUT2D eigenvalue weighted by atomic mass is 10.1. The first-order valence-corrected chi connectivity index (χ1v) is 11.6. The van der Waals surface area contributed by atoms with Crippen LogP contribution in [-0.4, -0.2) is 28.7 Å². The first-order valence-electron chi connectivity index (χ1n) is 11.6. The zero-order valence-corrected chi connectivity index (χ0v) is 19.6. The Hall–Kier alpha value is -4.20. The monoisotopic (exact) mass is 472 g/mol. The molecule has 2 aromatic heterocycles. The van der Waals surface area contributed by atoms with Gasteiger partial charge in [0.1, 0.15) is 11.5 Å². The molecule has 1 saturated carbocycles. The van der Waals surface area contributed by atoms with Crippen molar-refractivity contribution in [2.24, 2.45) is 0 Å². The van der Waals surface area contributed by atoms with Gasteiger partial charge >= 0.3 is 0 Å². The molecule has 0 aliphatic heterocycles. The van der Waals surface area contributed by atoms with E-state index < -0.39 is 0 Å². The van der Waals surface area contributed by atoms with Gasteiger partial charge < -0.3 is 19.7 Å². The molecule has 0 saturated heterocycles. The molecule has 2 heterocycles. The summed E-state index contributed by atoms with van der Waals surface area (Å²) in [6.45, 7) is 2.85. The van der Waals surface area contributed by atoms with E-state index in [1.54, 1.807) is 19.1 Å². The third-order valence-corrected chi connectivity index (χ3v) is 5.44. The van der Waals surface area contributed by atoms with Crippen molar-refractivity contribution >= 4 is 11.8 Å². The summed E-state index contributed by atoms with van der Waals surface area (Å²) in [6, 6.07) is 23.2. The first-order chi connectivity index (χ1) is 17.1. The molecule has 4 aromatic rings. The predicted octanol–water partition coefficient (Wildman–Crippen LogP) is 4.44. The number of carbonyl (C=O) groups excluding carboxylic acids is 2. The number of hydrogen-bond donors (Lipinski definition) is 2. The van der Waals surface area contributed by atoms with Gasteiger partial charge in [-0.1, -0.05) is 71.0 Å². The Morgan fingerprint density at radius 2 is 1.43 bits per heavy atom. The molecule has 2 amide bonds. The molecule has 1 aliphatic rings. The van der Waals surface area contributed by atoms with Crippen molar-refractivity contribution in [2.75, 3.05) is 6.54 Å². The second kappa shape index (κ2) is 11.8. The van der Waals surface area contributed by atoms with Crippen LogP contribution in [0.2, 0.25) is 0 Å². The predicted molar refractivity (Wildman–Crippen MR) is 130 cm³/mol. The Morgan fingerprint density at radius 3 is 2.06 bits per heavy atom. The standard InChI is InChI=1S/C14H14N2O2.C13H14N2O2/c17-14(15-9-10-4-2-1-3-5-10)12-8-13(18-16-12)11-6-7-11;1-10-9-12(15-17-10)13(16)14-8-7-11-5-3-2-4-6-11/h1-5,8,11H,6-7,9H2,(H,15,17);2-6,9H,7-8H2,1H3,(H,14,16). The van der Waals surface area contributed by atoms with Crippen LogP contribution in [0.25, 0.3) is 0 Å². The van der Waals surface area contributed by atoms with E-state index in [4.69, 9.17) is 9.05 Å². The van der Waals surface area contributed by atoms with Crippen LogP contribution in [0.4, 0.5) is 0 Å². The summed E-state index contributed by atoms with van der Waals surface area (Å²) in [5, 5.41) is 13.1. The van der Waals surface area contributed by atoms with Crippen LogP contribution in [0.15, 0.2) is 81.8 Å². The minimum Gasteiger partial charge on any atom is -0.361 e. The largest absolute Gasteiger partial charge is 0.361 e. The average Bonchev–Trinajstić information content (AvgIpc) is 3.45. The molecule has 0 atom stereocenters. The van der Waals surface area contributed by atoms with Gasteiger partial charge in [-0.25, -0.2) is 0 Å². The summed E-state index contributed by atoms with van der Waals surface area (Å²) < 4.78 is 9.99. The quantitative estimate of drug-likeness (QED) is 0.392. The highest BCUT2D eigenvalue weighted by Crippen LogP contribution is 2.40. The van der Waals surface area contributed by atoms with Crippen LogP contribution in [0.1, 0.15) is 62.4 Å². The maximum absolute atomic E-state index is 11.8. The summed E-state index contributed by atoms with van der Waals surface area (Å²) in [5.41, 5.74) is 2.96. The SMILES string of the molecule is Cc1cc(C(=O)NCCc2ccccc2)no1.O=C(NCc1ccccc1)c1cc(C2CC2)on1. The van der Waals surface area contributed by atoms with Crippen molar-refractivity contribution in [1.82, 2.24) is 20.9 Å². The van der Waals surface area contributed by atoms with E-state index in [1.807, 2.05) is 60.7 Å². The van der Waals surface area contributed by atoms with Gasteiger partial charge in [0.25, 0.3) is 11.8 Å². The number of nitrogens with one attached hydrogen (secondary N) is 2. The number of nitrogens with zero attached hydrogens (tertiary/aromatic N) is 2. The van der Waals surface area contributed by atoms with E-state index in [2.05, 4.69) is 20.9 Å². The fourth-order valence-electron chi connectivity index (χ4n) is 3.35. The molecule has 0 unspecified atom stereocenters. The molecule has 8 nitrogen and oxygen atoms in total. The number of aromatic nitrogens is 2. The van der Waals surface area contributed by atoms with E-state index in [1.165, 1.54) is 5.56 Å². The van der Waals surface area contributed by atoms with Gasteiger partial charge in [0.2, 0.25) is 0 Å². The molecule has 0 bridgehead atoms. The van der Waals surface area contributed by atoms with E-state index in [-0.39, 0.29) is 11.8 Å². The highest BCUT2D eigenvalue weighted by atomic mass is 16.5. The molecule has 2 aromatic carbocycles. The third-order valence-electron chi connectivity index (χ3n) is 5.44. The van der Waals surface area contributed by atoms with E-state index in [0.717, 1.165) is 30.6 Å². The Balaban J connectivity index is 0.000000165. The molecular formula is C27H28N4O4. The topological polar surface area (TPSA) is 110 Å². The summed E-state index contributed by atoms with van der Waals surface area (Å²) >= 11 is 0. The Morgan fingerprint density at radius 1 is 0.829 bits per heavy atom. The second-order valence-corrected chi connectivity index (χ2v) is 8.37. The molecule has 2 N–H and O–H groups in total. The molecule has 5 rings (SSSR count). The smallest absolute Gasteiger partial charge is 0.273 e. The van der Waals surface area contributed by atoms with Crippen molar-refractivity contribution in [2.45, 2.75) is 38.6 Å². The van der Waals surface area contributed by atoms with Gasteiger partial charge in [0, 0.05) is 31.1 Å². The van der Waals surface area contributed by atoms with Crippen LogP contribution in [0.3, 0.4) is 0 Å². The minimum atomic E-state index is -0.196. The van der Waals surface area contributed by atoms with Crippen molar-refractivity contribution in [3.8, 4) is 0 Å². The number of benzene rings is 2. The Labute approximate surface area is 203 Å². The van der Waals surface area contributed by atoms with Crippen LogP contribution in [-0.2, 0) is 13.0 Å². The summed E-state index contributed by atoms with van der Waals surface area (Å²) in [6.07, 6.45) is 3.09. The van der Waals surface area contributed by atoms with Crippen LogP contribution in [0, 0.1) is 6.92 Å². The maximum Gasteiger partial charge on any atom is 0.273 e. The summed E-state index contributed by atoms with van der Waals surface area (Å²) in [5.74, 6) is 1.57. The van der Waals surface area contributed by atoms with Gasteiger partial charge in [-0.15, -0.1) is 0 Å². The number of amides is 2. The zero-order chi connectivity index (χ0) is 24.5. The lowest BCUT2D eigenvalue weighted by molar-refractivity contribution is 0.0935. The number of aryl methyl sites for hydroxylation is 1. The zero-order valence-electron chi connectivity index (χ0n) is 19.6. The molecule has 1 fully saturated rings. The second-order valence-electron chi connectivity index (χ2n) is 8.37. The fourth-order valence-corrected chi connectivity index (χ4v) is 3.35. The van der Waals surface area contributed by atoms with E-state index in [9.17, 15) is 9.59 Å². The lowest BCUT2D eigenvalue weighted by Crippen LogP contribution is -2.25. The van der Waals surface area contributed by atoms with Crippen LogP contribution < -0.4 is 10.6 Å². The number of rotatable bonds is 8. The van der Waals surface area contributed by atoms with Crippen molar-refractivity contribution < 1.29 is 18.6 Å². The fraction of sp³-hybridized carbons (Fsp3) is 0.259. The number of carbonyl (C=O) groups is 2. The third kappa shape index (κ3) is 7.40. The highest BCUT2D eigenvalue weighted by molar-refractivity contribution is 5.92. The van der Waals surface area contributed by atoms with Crippen molar-refractivity contribution in [3.05, 3.63) is 107 Å². The molecule has 0 radical (unpaired) electrons. The molecule has 180 valence electrons. The Kier molecular flexibility index (Phi) is 8.06.